The number of azo groups is 2. The summed E-state index contributed by atoms with van der Waals surface area (Å²) < 4.78 is 4.29. The molecule has 7 heterocycles. The van der Waals surface area contributed by atoms with E-state index in [4.69, 9.17) is 0 Å². The predicted molar refractivity (Wildman–Crippen MR) is 202 cm³/mol. The van der Waals surface area contributed by atoms with E-state index in [-0.39, 0.29) is 11.5 Å². The number of pyridine rings is 2. The molecule has 0 amide bonds. The molecule has 0 fully saturated rings. The van der Waals surface area contributed by atoms with Gasteiger partial charge in [-0.2, -0.15) is 0 Å². The lowest BCUT2D eigenvalue weighted by molar-refractivity contribution is -0.996. The number of phenols is 2. The Morgan fingerprint density at radius 2 is 1.36 bits per heavy atom. The van der Waals surface area contributed by atoms with Crippen LogP contribution in [-0.4, -0.2) is 54.5 Å². The highest BCUT2D eigenvalue weighted by Gasteiger charge is 2.30. The lowest BCUT2D eigenvalue weighted by atomic mass is 9.90. The highest BCUT2D eigenvalue weighted by atomic mass is 16.3. The Morgan fingerprint density at radius 3 is 2.02 bits per heavy atom. The number of anilines is 2. The van der Waals surface area contributed by atoms with E-state index >= 15 is 0 Å². The average molecular weight is 714 g/mol. The second-order valence-electron chi connectivity index (χ2n) is 14.9. The number of aromatic hydroxyl groups is 2. The van der Waals surface area contributed by atoms with Gasteiger partial charge < -0.3 is 20.0 Å². The van der Waals surface area contributed by atoms with E-state index in [1.165, 1.54) is 27.5 Å². The van der Waals surface area contributed by atoms with Crippen LogP contribution in [0.25, 0.3) is 0 Å². The van der Waals surface area contributed by atoms with Gasteiger partial charge in [0.1, 0.15) is 49.2 Å². The lowest BCUT2D eigenvalue weighted by Crippen LogP contribution is -3.18. The monoisotopic (exact) mass is 713 g/mol. The second kappa shape index (κ2) is 14.6. The van der Waals surface area contributed by atoms with Crippen LogP contribution in [0.5, 0.6) is 11.5 Å². The third-order valence-corrected chi connectivity index (χ3v) is 11.5. The molecule has 272 valence electrons. The van der Waals surface area contributed by atoms with Crippen molar-refractivity contribution in [2.45, 2.75) is 70.9 Å². The standard InChI is InChI=1S/C41H46N10O2/c52-40-33-12-6-20-48-18-3-9-30(38(33)48)27-35(40)43-42-32-11-5-15-46(29-32)16-8-22-50-25-26-51(50)24-23-47-17-2-1-14-37(47)45-44-36-28-31-10-4-19-49-21-7-13-34(39(31)49)41(36)53/h1-2,5,11,14-15,17,25-29H,3-4,6-10,12-13,16,18-24H2/p+3. The van der Waals surface area contributed by atoms with Crippen molar-refractivity contribution in [1.29, 1.82) is 0 Å². The number of rotatable bonds is 11. The zero-order chi connectivity index (χ0) is 35.7. The molecule has 0 aliphatic carbocycles. The van der Waals surface area contributed by atoms with Crippen LogP contribution in [0, 0.1) is 0 Å². The van der Waals surface area contributed by atoms with Gasteiger partial charge >= 0.3 is 5.82 Å². The number of hydrogen-bond acceptors (Lipinski definition) is 9. The number of nitrogens with one attached hydrogen (secondary N) is 1. The van der Waals surface area contributed by atoms with E-state index in [0.29, 0.717) is 11.4 Å². The van der Waals surface area contributed by atoms with Crippen molar-refractivity contribution in [3.05, 3.63) is 95.7 Å². The average Bonchev–Trinajstić information content (AvgIpc) is 3.18. The molecule has 5 aliphatic rings. The zero-order valence-electron chi connectivity index (χ0n) is 30.4. The fraction of sp³-hybridized carbons (Fsp3) is 0.415. The summed E-state index contributed by atoms with van der Waals surface area (Å²) in [5.41, 5.74) is 9.04. The van der Waals surface area contributed by atoms with Gasteiger partial charge in [0.05, 0.1) is 17.9 Å². The molecule has 4 aromatic rings. The van der Waals surface area contributed by atoms with Crippen LogP contribution in [0.2, 0.25) is 0 Å². The van der Waals surface area contributed by atoms with Crippen molar-refractivity contribution in [2.24, 2.45) is 20.5 Å². The summed E-state index contributed by atoms with van der Waals surface area (Å²) in [6.07, 6.45) is 19.7. The molecular formula is C41H49N10O2+3. The van der Waals surface area contributed by atoms with Gasteiger partial charge in [0, 0.05) is 67.2 Å². The lowest BCUT2D eigenvalue weighted by Gasteiger charge is -2.37. The third kappa shape index (κ3) is 6.72. The molecule has 12 heteroatoms. The van der Waals surface area contributed by atoms with Crippen LogP contribution < -0.4 is 23.9 Å². The van der Waals surface area contributed by atoms with Crippen LogP contribution in [0.4, 0.5) is 34.3 Å². The molecule has 53 heavy (non-hydrogen) atoms. The number of phenolic OH excluding ortho intramolecular Hbond substituents is 2. The minimum absolute atomic E-state index is 0.285. The molecule has 5 aliphatic heterocycles. The molecule has 12 nitrogen and oxygen atoms in total. The quantitative estimate of drug-likeness (QED) is 0.139. The topological polar surface area (TPSA) is 112 Å². The van der Waals surface area contributed by atoms with E-state index in [9.17, 15) is 10.2 Å². The van der Waals surface area contributed by atoms with Gasteiger partial charge in [-0.1, -0.05) is 6.07 Å². The Morgan fingerprint density at radius 1 is 0.698 bits per heavy atom. The van der Waals surface area contributed by atoms with Gasteiger partial charge in [-0.25, -0.2) is 19.2 Å². The third-order valence-electron chi connectivity index (χ3n) is 11.5. The number of nitrogens with zero attached hydrogens (tertiary/aromatic N) is 9. The maximum absolute atomic E-state index is 11.2. The number of aromatic nitrogens is 2. The molecule has 0 bridgehead atoms. The summed E-state index contributed by atoms with van der Waals surface area (Å²) in [6.45, 7) is 7.74. The molecule has 0 radical (unpaired) electrons. The van der Waals surface area contributed by atoms with Crippen molar-refractivity contribution >= 4 is 34.3 Å². The number of hydrogen-bond donors (Lipinski definition) is 3. The Kier molecular flexibility index (Phi) is 9.21. The SMILES string of the molecule is Oc1c(N=Nc2ccc[n+](CCCN3C=C[NH+]3CC[n+]3ccccc3N=Nc3cc4c5c(c3O)CCCN5CCC4)c2)cc2c3c1CCCN3CCC2. The van der Waals surface area contributed by atoms with E-state index in [0.717, 1.165) is 133 Å². The van der Waals surface area contributed by atoms with Crippen LogP contribution in [0.15, 0.2) is 93.9 Å². The first-order chi connectivity index (χ1) is 26.1. The molecule has 1 atom stereocenters. The van der Waals surface area contributed by atoms with Gasteiger partial charge in [0.2, 0.25) is 0 Å². The Labute approximate surface area is 310 Å². The van der Waals surface area contributed by atoms with E-state index < -0.39 is 0 Å². The van der Waals surface area contributed by atoms with Crippen molar-refractivity contribution in [1.82, 2.24) is 5.01 Å². The summed E-state index contributed by atoms with van der Waals surface area (Å²) in [6, 6.07) is 14.0. The highest BCUT2D eigenvalue weighted by Crippen LogP contribution is 2.46. The summed E-state index contributed by atoms with van der Waals surface area (Å²) in [4.78, 5) is 4.85. The first-order valence-corrected chi connectivity index (χ1v) is 19.5. The fourth-order valence-corrected chi connectivity index (χ4v) is 8.86. The van der Waals surface area contributed by atoms with Crippen LogP contribution in [0.3, 0.4) is 0 Å². The van der Waals surface area contributed by atoms with Crippen LogP contribution in [0.1, 0.15) is 54.4 Å². The normalized spacial score (nSPS) is 18.8. The van der Waals surface area contributed by atoms with Gasteiger partial charge in [-0.05, 0) is 91.9 Å². The van der Waals surface area contributed by atoms with Gasteiger partial charge in [0.15, 0.2) is 23.8 Å². The summed E-state index contributed by atoms with van der Waals surface area (Å²) >= 11 is 0. The zero-order valence-corrected chi connectivity index (χ0v) is 30.4. The minimum Gasteiger partial charge on any atom is -0.505 e. The Balaban J connectivity index is 0.794. The molecule has 3 N–H and O–H groups in total. The van der Waals surface area contributed by atoms with Crippen molar-refractivity contribution in [2.75, 3.05) is 49.1 Å². The number of benzene rings is 2. The maximum atomic E-state index is 11.2. The van der Waals surface area contributed by atoms with E-state index in [1.807, 2.05) is 54.9 Å². The summed E-state index contributed by atoms with van der Waals surface area (Å²) in [5, 5.41) is 44.2. The van der Waals surface area contributed by atoms with E-state index in [2.05, 4.69) is 63.0 Å². The molecule has 1 unspecified atom stereocenters. The van der Waals surface area contributed by atoms with Crippen molar-refractivity contribution in [3.8, 4) is 11.5 Å². The molecule has 0 spiro atoms. The Bertz CT molecular complexity index is 2110. The fourth-order valence-electron chi connectivity index (χ4n) is 8.86. The maximum Gasteiger partial charge on any atom is 0.350 e. The number of aryl methyl sites for hydroxylation is 3. The molecule has 0 saturated heterocycles. The highest BCUT2D eigenvalue weighted by molar-refractivity contribution is 5.75. The van der Waals surface area contributed by atoms with Crippen molar-refractivity contribution < 1.29 is 24.4 Å². The smallest absolute Gasteiger partial charge is 0.350 e. The van der Waals surface area contributed by atoms with E-state index in [1.54, 1.807) is 0 Å². The molecule has 2 aromatic carbocycles. The molecule has 9 rings (SSSR count). The second-order valence-corrected chi connectivity index (χ2v) is 14.9. The minimum atomic E-state index is 0.285. The first-order valence-electron chi connectivity index (χ1n) is 19.5. The molecule has 2 aromatic heterocycles. The Hall–Kier alpha value is -5.36. The van der Waals surface area contributed by atoms with Gasteiger partial charge in [-0.15, -0.1) is 10.2 Å². The summed E-state index contributed by atoms with van der Waals surface area (Å²) in [5.74, 6) is 1.34. The number of quaternary nitrogens is 1. The van der Waals surface area contributed by atoms with Crippen LogP contribution >= 0.6 is 0 Å². The van der Waals surface area contributed by atoms with Gasteiger partial charge in [0.25, 0.3) is 0 Å². The predicted octanol–water partition coefficient (Wildman–Crippen LogP) is 5.58. The van der Waals surface area contributed by atoms with Crippen molar-refractivity contribution in [3.63, 3.8) is 0 Å². The molecular weight excluding hydrogens is 665 g/mol. The van der Waals surface area contributed by atoms with Gasteiger partial charge in [-0.3, -0.25) is 0 Å². The molecule has 0 saturated carbocycles. The first kappa shape index (κ1) is 33.5. The summed E-state index contributed by atoms with van der Waals surface area (Å²) in [7, 11) is 0. The largest absolute Gasteiger partial charge is 0.505 e. The van der Waals surface area contributed by atoms with Crippen LogP contribution in [-0.2, 0) is 38.8 Å².